The van der Waals surface area contributed by atoms with Crippen molar-refractivity contribution in [3.05, 3.63) is 106 Å². The summed E-state index contributed by atoms with van der Waals surface area (Å²) in [6.07, 6.45) is 0.712. The van der Waals surface area contributed by atoms with Gasteiger partial charge in [-0.3, -0.25) is 0 Å². The number of rotatable bonds is 7. The van der Waals surface area contributed by atoms with Gasteiger partial charge < -0.3 is 34.0 Å². The summed E-state index contributed by atoms with van der Waals surface area (Å²) in [5, 5.41) is 2.50. The Morgan fingerprint density at radius 1 is 0.634 bits per heavy atom. The van der Waals surface area contributed by atoms with Gasteiger partial charge in [-0.15, -0.1) is 0 Å². The quantitative estimate of drug-likeness (QED) is 0.254. The summed E-state index contributed by atoms with van der Waals surface area (Å²) in [5.41, 5.74) is 11.7. The van der Waals surface area contributed by atoms with Gasteiger partial charge in [0.25, 0.3) is 0 Å². The number of hydrogen-bond donors (Lipinski definition) is 2. The Labute approximate surface area is 271 Å². The molecule has 0 radical (unpaired) electrons. The molecule has 41 heavy (non-hydrogen) atoms. The van der Waals surface area contributed by atoms with Crippen LogP contribution >= 0.6 is 0 Å². The summed E-state index contributed by atoms with van der Waals surface area (Å²) >= 11 is -1.53. The second-order valence-corrected chi connectivity index (χ2v) is 14.0. The van der Waals surface area contributed by atoms with Crippen LogP contribution in [0, 0.1) is 8.89 Å². The molecule has 221 valence electrons. The van der Waals surface area contributed by atoms with Crippen LogP contribution in [0.2, 0.25) is 0 Å². The van der Waals surface area contributed by atoms with Crippen molar-refractivity contribution < 1.29 is 47.0 Å². The summed E-state index contributed by atoms with van der Waals surface area (Å²) in [6.45, 7) is 18.2. The number of halogens is 2. The third-order valence-electron chi connectivity index (χ3n) is 8.58. The topological polar surface area (TPSA) is 47.7 Å². The van der Waals surface area contributed by atoms with Crippen molar-refractivity contribution in [3.8, 4) is 11.1 Å². The minimum absolute atomic E-state index is 0. The van der Waals surface area contributed by atoms with E-state index in [1.807, 2.05) is 0 Å². The van der Waals surface area contributed by atoms with Gasteiger partial charge in [0, 0.05) is 0 Å². The molecular formula is C36H43Br2N2Ni. The third kappa shape index (κ3) is 5.52. The zero-order valence-electron chi connectivity index (χ0n) is 25.4. The van der Waals surface area contributed by atoms with Gasteiger partial charge in [0.1, 0.15) is 0 Å². The largest absolute Gasteiger partial charge is 1.00 e. The molecule has 1 unspecified atom stereocenters. The van der Waals surface area contributed by atoms with Crippen LogP contribution in [0.15, 0.2) is 66.7 Å². The van der Waals surface area contributed by atoms with Crippen LogP contribution in [0.3, 0.4) is 0 Å². The average Bonchev–Trinajstić information content (AvgIpc) is 3.24. The maximum Gasteiger partial charge on any atom is -1.00 e. The SMILES string of the molecule is CC(C)c1cccc(C(C)C)c1-c1cc2c3c(cccc3c1)[C](c1c(C(C)C)cccc1C(C)C)([Ni+2](=[NH])=[NH])C2.[Br-].[Br-]. The molecule has 4 aromatic carbocycles. The van der Waals surface area contributed by atoms with Crippen LogP contribution in [0.1, 0.15) is 118 Å². The van der Waals surface area contributed by atoms with Crippen LogP contribution in [0.4, 0.5) is 0 Å². The van der Waals surface area contributed by atoms with Gasteiger partial charge in [0.05, 0.1) is 0 Å². The smallest absolute Gasteiger partial charge is 1.00 e. The monoisotopic (exact) mass is 719 g/mol. The van der Waals surface area contributed by atoms with E-state index in [9.17, 15) is 8.89 Å². The van der Waals surface area contributed by atoms with Gasteiger partial charge >= 0.3 is 239 Å². The molecule has 0 saturated heterocycles. The Bertz CT molecular complexity index is 1590. The molecular weight excluding hydrogens is 679 g/mol. The average molecular weight is 722 g/mol. The van der Waals surface area contributed by atoms with Crippen molar-refractivity contribution in [2.45, 2.75) is 89.9 Å². The van der Waals surface area contributed by atoms with Gasteiger partial charge in [-0.2, -0.15) is 0 Å². The molecule has 0 bridgehead atoms. The zero-order chi connectivity index (χ0) is 28.2. The van der Waals surface area contributed by atoms with Crippen molar-refractivity contribution in [1.82, 2.24) is 0 Å². The number of nitrogens with one attached hydrogen (secondary N) is 2. The number of benzene rings is 4. The molecule has 1 atom stereocenters. The minimum atomic E-state index is -1.53. The van der Waals surface area contributed by atoms with E-state index >= 15 is 0 Å². The summed E-state index contributed by atoms with van der Waals surface area (Å²) < 4.78 is 17.7. The predicted molar refractivity (Wildman–Crippen MR) is 162 cm³/mol. The van der Waals surface area contributed by atoms with Crippen LogP contribution in [-0.2, 0) is 23.8 Å². The first kappa shape index (κ1) is 33.7. The zero-order valence-corrected chi connectivity index (χ0v) is 29.6. The van der Waals surface area contributed by atoms with Crippen LogP contribution in [-0.4, -0.2) is 0 Å². The maximum absolute atomic E-state index is 9.18. The van der Waals surface area contributed by atoms with Crippen molar-refractivity contribution in [2.75, 3.05) is 0 Å². The second-order valence-electron chi connectivity index (χ2n) is 12.4. The Morgan fingerprint density at radius 3 is 1.56 bits per heavy atom. The normalized spacial score (nSPS) is 16.2. The standard InChI is InChI=1S/C36H41.2BrH.2HN.Ni/c1-21(2)28-13-10-14-29(22(3)4)35(28)26-18-25-12-9-17-32-33(20-27(19-26)34(25)32)36-30(23(5)6)15-11-16-31(36)24(7)8;;;;;/h9-19,21-24H,20H2,1-8H3;4*1H;/q;;;;;+2/p-2. The van der Waals surface area contributed by atoms with Gasteiger partial charge in [-0.25, -0.2) is 0 Å². The van der Waals surface area contributed by atoms with Crippen LogP contribution < -0.4 is 34.0 Å². The first-order valence-corrected chi connectivity index (χ1v) is 15.8. The Hall–Kier alpha value is -1.81. The van der Waals surface area contributed by atoms with Gasteiger partial charge in [0.2, 0.25) is 0 Å². The molecule has 2 N–H and O–H groups in total. The second kappa shape index (κ2) is 12.8. The van der Waals surface area contributed by atoms with E-state index in [1.54, 1.807) is 0 Å². The summed E-state index contributed by atoms with van der Waals surface area (Å²) in [5.74, 6) is 1.50. The molecule has 0 aromatic heterocycles. The summed E-state index contributed by atoms with van der Waals surface area (Å²) in [7, 11) is 0. The molecule has 5 rings (SSSR count). The molecule has 0 saturated carbocycles. The van der Waals surface area contributed by atoms with Gasteiger partial charge in [-0.05, 0) is 0 Å². The van der Waals surface area contributed by atoms with Crippen molar-refractivity contribution in [3.63, 3.8) is 0 Å². The van der Waals surface area contributed by atoms with Gasteiger partial charge in [0.15, 0.2) is 0 Å². The van der Waals surface area contributed by atoms with E-state index < -0.39 is 17.4 Å². The van der Waals surface area contributed by atoms with Crippen LogP contribution in [0.25, 0.3) is 21.9 Å². The summed E-state index contributed by atoms with van der Waals surface area (Å²) in [4.78, 5) is 0. The Balaban J connectivity index is 0.00000231. The first-order valence-electron chi connectivity index (χ1n) is 14.3. The molecule has 1 aliphatic carbocycles. The Kier molecular flexibility index (Phi) is 10.5. The third-order valence-corrected chi connectivity index (χ3v) is 10.1. The van der Waals surface area contributed by atoms with E-state index in [0.29, 0.717) is 30.1 Å². The fraction of sp³-hybridized carbons (Fsp3) is 0.389. The molecule has 0 aliphatic heterocycles. The molecule has 2 nitrogen and oxygen atoms in total. The molecule has 0 spiro atoms. The molecule has 0 heterocycles. The van der Waals surface area contributed by atoms with E-state index in [4.69, 9.17) is 0 Å². The van der Waals surface area contributed by atoms with E-state index in [1.165, 1.54) is 60.8 Å². The van der Waals surface area contributed by atoms with Gasteiger partial charge in [-0.1, -0.05) is 0 Å². The maximum atomic E-state index is 9.18. The molecule has 4 aromatic rings. The van der Waals surface area contributed by atoms with Crippen molar-refractivity contribution in [2.24, 2.45) is 0 Å². The van der Waals surface area contributed by atoms with E-state index in [-0.39, 0.29) is 34.0 Å². The molecule has 5 heteroatoms. The fourth-order valence-electron chi connectivity index (χ4n) is 6.78. The molecule has 0 amide bonds. The summed E-state index contributed by atoms with van der Waals surface area (Å²) in [6, 6.07) is 24.8. The predicted octanol–water partition coefficient (Wildman–Crippen LogP) is 4.95. The van der Waals surface area contributed by atoms with Crippen LogP contribution in [0.5, 0.6) is 0 Å². The molecule has 1 aliphatic rings. The first-order chi connectivity index (χ1) is 18.5. The van der Waals surface area contributed by atoms with E-state index in [2.05, 4.69) is 122 Å². The van der Waals surface area contributed by atoms with Crippen molar-refractivity contribution >= 4 is 10.8 Å². The number of hydrogen-bond acceptors (Lipinski definition) is 2. The van der Waals surface area contributed by atoms with Crippen molar-refractivity contribution in [1.29, 1.82) is 8.89 Å². The Morgan fingerprint density at radius 2 is 1.10 bits per heavy atom. The molecule has 0 fully saturated rings. The van der Waals surface area contributed by atoms with E-state index in [0.717, 1.165) is 0 Å². The minimum Gasteiger partial charge on any atom is -1.00 e. The fourth-order valence-corrected chi connectivity index (χ4v) is 8.15.